The van der Waals surface area contributed by atoms with Crippen LogP contribution in [0.4, 0.5) is 11.4 Å². The smallest absolute Gasteiger partial charge is 0.282 e. The number of hydrogen-bond acceptors (Lipinski definition) is 5. The van der Waals surface area contributed by atoms with E-state index in [-0.39, 0.29) is 23.4 Å². The van der Waals surface area contributed by atoms with Crippen LogP contribution in [-0.2, 0) is 4.74 Å². The number of fused-ring (bicyclic) bond motifs is 2. The van der Waals surface area contributed by atoms with Crippen molar-refractivity contribution in [2.45, 2.75) is 18.6 Å². The van der Waals surface area contributed by atoms with Gasteiger partial charge in [0, 0.05) is 17.1 Å². The number of nitro groups is 1. The second-order valence-corrected chi connectivity index (χ2v) is 5.59. The zero-order valence-corrected chi connectivity index (χ0v) is 11.5. The summed E-state index contributed by atoms with van der Waals surface area (Å²) in [6, 6.07) is 3.24. The number of anilines is 1. The molecule has 1 aromatic rings. The molecule has 0 N–H and O–H groups in total. The normalized spacial score (nSPS) is 24.8. The summed E-state index contributed by atoms with van der Waals surface area (Å²) >= 11 is 3.39. The van der Waals surface area contributed by atoms with Crippen LogP contribution in [0.2, 0.25) is 0 Å². The van der Waals surface area contributed by atoms with Gasteiger partial charge in [0.2, 0.25) is 0 Å². The third-order valence-electron chi connectivity index (χ3n) is 3.63. The lowest BCUT2D eigenvalue weighted by Crippen LogP contribution is -2.37. The highest BCUT2D eigenvalue weighted by Gasteiger charge is 2.40. The highest BCUT2D eigenvalue weighted by atomic mass is 79.9. The van der Waals surface area contributed by atoms with Gasteiger partial charge in [-0.25, -0.2) is 0 Å². The molecule has 2 atom stereocenters. The predicted octanol–water partition coefficient (Wildman–Crippen LogP) is 2.15. The topological polar surface area (TPSA) is 72.7 Å². The van der Waals surface area contributed by atoms with Crippen LogP contribution in [0.1, 0.15) is 16.8 Å². The average Bonchev–Trinajstić information content (AvgIpc) is 3.00. The van der Waals surface area contributed by atoms with E-state index < -0.39 is 4.92 Å². The summed E-state index contributed by atoms with van der Waals surface area (Å²) in [5.74, 6) is 0. The van der Waals surface area contributed by atoms with E-state index in [0.717, 1.165) is 18.7 Å². The molecule has 6 nitrogen and oxygen atoms in total. The Hall–Kier alpha value is -1.47. The lowest BCUT2D eigenvalue weighted by molar-refractivity contribution is -0.385. The fraction of sp³-hybridized carbons (Fsp3) is 0.417. The molecule has 3 rings (SSSR count). The quantitative estimate of drug-likeness (QED) is 0.483. The number of hydrogen-bond donors (Lipinski definition) is 0. The van der Waals surface area contributed by atoms with Crippen molar-refractivity contribution in [1.82, 2.24) is 0 Å². The number of carbonyl (C=O) groups is 1. The lowest BCUT2D eigenvalue weighted by atomic mass is 10.1. The zero-order chi connectivity index (χ0) is 13.6. The Bertz CT molecular complexity index is 563. The number of rotatable bonds is 3. The minimum Gasteiger partial charge on any atom is -0.374 e. The molecule has 100 valence electrons. The first kappa shape index (κ1) is 12.6. The van der Waals surface area contributed by atoms with Crippen LogP contribution in [0, 0.1) is 10.1 Å². The van der Waals surface area contributed by atoms with Crippen molar-refractivity contribution < 1.29 is 14.5 Å². The number of nitro benzene ring substituents is 1. The minimum absolute atomic E-state index is 0.0845. The molecular weight excluding hydrogens is 316 g/mol. The number of morpholine rings is 1. The molecule has 1 aromatic carbocycles. The van der Waals surface area contributed by atoms with Crippen LogP contribution in [0.25, 0.3) is 0 Å². The number of nitrogens with zero attached hydrogens (tertiary/aromatic N) is 2. The van der Waals surface area contributed by atoms with Gasteiger partial charge in [0.05, 0.1) is 34.9 Å². The largest absolute Gasteiger partial charge is 0.374 e. The van der Waals surface area contributed by atoms with E-state index in [0.29, 0.717) is 17.4 Å². The SMILES string of the molecule is O=Cc1cc(Br)c(N2C[C@H]3C[C@@H]2CO3)cc1[N+](=O)[O-]. The maximum Gasteiger partial charge on any atom is 0.282 e. The highest BCUT2D eigenvalue weighted by Crippen LogP contribution is 2.39. The lowest BCUT2D eigenvalue weighted by Gasteiger charge is -2.29. The summed E-state index contributed by atoms with van der Waals surface area (Å²) in [6.45, 7) is 1.39. The standard InChI is InChI=1S/C12H11BrN2O4/c13-10-1-7(5-16)11(15(17)18)3-12(10)14-4-9-2-8(14)6-19-9/h1,3,5,8-9H,2,4,6H2/t8-,9-/m1/s1. The van der Waals surface area contributed by atoms with Crippen molar-refractivity contribution in [3.63, 3.8) is 0 Å². The molecule has 0 spiro atoms. The average molecular weight is 327 g/mol. The summed E-state index contributed by atoms with van der Waals surface area (Å²) in [4.78, 5) is 23.5. The zero-order valence-electron chi connectivity index (χ0n) is 9.91. The van der Waals surface area contributed by atoms with Crippen molar-refractivity contribution in [1.29, 1.82) is 0 Å². The number of aldehydes is 1. The Morgan fingerprint density at radius 2 is 2.32 bits per heavy atom. The van der Waals surface area contributed by atoms with Gasteiger partial charge in [0.1, 0.15) is 0 Å². The van der Waals surface area contributed by atoms with Gasteiger partial charge in [0.25, 0.3) is 5.69 Å². The van der Waals surface area contributed by atoms with E-state index in [1.54, 1.807) is 0 Å². The summed E-state index contributed by atoms with van der Waals surface area (Å²) in [6.07, 6.45) is 1.67. The van der Waals surface area contributed by atoms with Gasteiger partial charge in [0.15, 0.2) is 6.29 Å². The Morgan fingerprint density at radius 3 is 2.84 bits per heavy atom. The van der Waals surface area contributed by atoms with Crippen LogP contribution < -0.4 is 4.90 Å². The van der Waals surface area contributed by atoms with Crippen molar-refractivity contribution in [2.75, 3.05) is 18.1 Å². The molecule has 2 aliphatic rings. The van der Waals surface area contributed by atoms with Crippen LogP contribution in [0.3, 0.4) is 0 Å². The highest BCUT2D eigenvalue weighted by molar-refractivity contribution is 9.10. The first-order chi connectivity index (χ1) is 9.10. The molecule has 0 aliphatic carbocycles. The number of carbonyl (C=O) groups excluding carboxylic acids is 1. The van der Waals surface area contributed by atoms with Gasteiger partial charge in [-0.15, -0.1) is 0 Å². The minimum atomic E-state index is -0.523. The van der Waals surface area contributed by atoms with Crippen molar-refractivity contribution in [3.8, 4) is 0 Å². The molecule has 2 bridgehead atoms. The van der Waals surface area contributed by atoms with Gasteiger partial charge in [-0.05, 0) is 28.4 Å². The monoisotopic (exact) mass is 326 g/mol. The number of benzene rings is 1. The fourth-order valence-electron chi connectivity index (χ4n) is 2.73. The third-order valence-corrected chi connectivity index (χ3v) is 4.26. The van der Waals surface area contributed by atoms with Crippen LogP contribution >= 0.6 is 15.9 Å². The van der Waals surface area contributed by atoms with E-state index in [2.05, 4.69) is 20.8 Å². The number of ether oxygens (including phenoxy) is 1. The van der Waals surface area contributed by atoms with Crippen molar-refractivity contribution >= 4 is 33.6 Å². The molecule has 0 saturated carbocycles. The summed E-state index contributed by atoms with van der Waals surface area (Å²) in [7, 11) is 0. The molecule has 2 aliphatic heterocycles. The van der Waals surface area contributed by atoms with Gasteiger partial charge < -0.3 is 9.64 Å². The summed E-state index contributed by atoms with van der Waals surface area (Å²) in [5, 5.41) is 11.0. The Balaban J connectivity index is 2.04. The molecule has 0 radical (unpaired) electrons. The van der Waals surface area contributed by atoms with Gasteiger partial charge in [-0.3, -0.25) is 14.9 Å². The van der Waals surface area contributed by atoms with Crippen LogP contribution in [0.5, 0.6) is 0 Å². The summed E-state index contributed by atoms with van der Waals surface area (Å²) in [5.41, 5.74) is 0.686. The molecular formula is C12H11BrN2O4. The second-order valence-electron chi connectivity index (χ2n) is 4.73. The van der Waals surface area contributed by atoms with Crippen LogP contribution in [0.15, 0.2) is 16.6 Å². The van der Waals surface area contributed by atoms with E-state index in [9.17, 15) is 14.9 Å². The summed E-state index contributed by atoms with van der Waals surface area (Å²) < 4.78 is 6.22. The van der Waals surface area contributed by atoms with Gasteiger partial charge in [-0.1, -0.05) is 0 Å². The molecule has 19 heavy (non-hydrogen) atoms. The van der Waals surface area contributed by atoms with Crippen LogP contribution in [-0.4, -0.2) is 36.5 Å². The Kier molecular flexibility index (Phi) is 3.02. The Morgan fingerprint density at radius 1 is 1.53 bits per heavy atom. The molecule has 2 heterocycles. The van der Waals surface area contributed by atoms with E-state index in [1.165, 1.54) is 12.1 Å². The fourth-order valence-corrected chi connectivity index (χ4v) is 3.32. The maximum absolute atomic E-state index is 11.0. The Labute approximate surface area is 117 Å². The predicted molar refractivity (Wildman–Crippen MR) is 71.7 cm³/mol. The molecule has 0 unspecified atom stereocenters. The maximum atomic E-state index is 11.0. The molecule has 7 heteroatoms. The van der Waals surface area contributed by atoms with E-state index in [4.69, 9.17) is 4.74 Å². The van der Waals surface area contributed by atoms with Gasteiger partial charge in [-0.2, -0.15) is 0 Å². The third kappa shape index (κ3) is 2.02. The van der Waals surface area contributed by atoms with E-state index >= 15 is 0 Å². The van der Waals surface area contributed by atoms with Gasteiger partial charge >= 0.3 is 0 Å². The molecule has 2 saturated heterocycles. The van der Waals surface area contributed by atoms with E-state index in [1.807, 2.05) is 0 Å². The second kappa shape index (κ2) is 4.57. The first-order valence-corrected chi connectivity index (χ1v) is 6.71. The molecule has 0 amide bonds. The molecule has 2 fully saturated rings. The molecule has 0 aromatic heterocycles. The number of halogens is 1. The van der Waals surface area contributed by atoms with Crippen molar-refractivity contribution in [2.24, 2.45) is 0 Å². The first-order valence-electron chi connectivity index (χ1n) is 5.91. The van der Waals surface area contributed by atoms with Crippen molar-refractivity contribution in [3.05, 3.63) is 32.3 Å².